The van der Waals surface area contributed by atoms with Gasteiger partial charge in [0.25, 0.3) is 0 Å². The zero-order valence-corrected chi connectivity index (χ0v) is 19.0. The lowest BCUT2D eigenvalue weighted by atomic mass is 10.1. The second-order valence-electron chi connectivity index (χ2n) is 8.65. The summed E-state index contributed by atoms with van der Waals surface area (Å²) in [6.07, 6.45) is 9.27. The van der Waals surface area contributed by atoms with Crippen molar-refractivity contribution < 1.29 is 4.39 Å². The van der Waals surface area contributed by atoms with Gasteiger partial charge in [0.15, 0.2) is 5.16 Å². The second-order valence-corrected chi connectivity index (χ2v) is 9.61. The molecular formula is C24H30FN5S. The summed E-state index contributed by atoms with van der Waals surface area (Å²) < 4.78 is 14.7. The number of imidazole rings is 1. The van der Waals surface area contributed by atoms with Crippen molar-refractivity contribution in [3.63, 3.8) is 0 Å². The Labute approximate surface area is 187 Å². The number of hydrogen-bond donors (Lipinski definition) is 1. The van der Waals surface area contributed by atoms with Gasteiger partial charge in [0.2, 0.25) is 0 Å². The number of thioether (sulfide) groups is 1. The zero-order chi connectivity index (χ0) is 21.2. The molecule has 1 aromatic carbocycles. The Bertz CT molecular complexity index is 1050. The molecule has 0 aliphatic carbocycles. The highest BCUT2D eigenvalue weighted by molar-refractivity contribution is 7.98. The van der Waals surface area contributed by atoms with E-state index < -0.39 is 0 Å². The van der Waals surface area contributed by atoms with Gasteiger partial charge in [-0.3, -0.25) is 4.98 Å². The number of halogens is 1. The Morgan fingerprint density at radius 1 is 0.968 bits per heavy atom. The fourth-order valence-corrected chi connectivity index (χ4v) is 5.68. The number of rotatable bonds is 5. The number of anilines is 2. The van der Waals surface area contributed by atoms with Gasteiger partial charge in [0.1, 0.15) is 5.82 Å². The smallest absolute Gasteiger partial charge is 0.166 e. The first-order valence-electron chi connectivity index (χ1n) is 11.5. The summed E-state index contributed by atoms with van der Waals surface area (Å²) >= 11 is 1.63. The molecule has 7 heteroatoms. The quantitative estimate of drug-likeness (QED) is 0.519. The Hall–Kier alpha value is -2.28. The van der Waals surface area contributed by atoms with Crippen molar-refractivity contribution in [2.24, 2.45) is 0 Å². The third-order valence-electron chi connectivity index (χ3n) is 6.55. The van der Waals surface area contributed by atoms with E-state index in [1.165, 1.54) is 36.9 Å². The highest BCUT2D eigenvalue weighted by atomic mass is 32.2. The lowest BCUT2D eigenvalue weighted by Gasteiger charge is -2.30. The van der Waals surface area contributed by atoms with Crippen LogP contribution in [0, 0.1) is 12.7 Å². The van der Waals surface area contributed by atoms with Gasteiger partial charge >= 0.3 is 0 Å². The van der Waals surface area contributed by atoms with E-state index in [9.17, 15) is 4.39 Å². The highest BCUT2D eigenvalue weighted by Gasteiger charge is 2.18. The van der Waals surface area contributed by atoms with Crippen LogP contribution in [0.5, 0.6) is 0 Å². The second kappa shape index (κ2) is 9.07. The van der Waals surface area contributed by atoms with Crippen molar-refractivity contribution in [2.75, 3.05) is 36.0 Å². The number of pyridine rings is 1. The average molecular weight is 440 g/mol. The number of hydrogen-bond acceptors (Lipinski definition) is 5. The van der Waals surface area contributed by atoms with E-state index in [4.69, 9.17) is 4.98 Å². The molecule has 2 aliphatic rings. The summed E-state index contributed by atoms with van der Waals surface area (Å²) in [6, 6.07) is 5.63. The first kappa shape index (κ1) is 20.6. The molecular weight excluding hydrogens is 409 g/mol. The number of aromatic amines is 1. The van der Waals surface area contributed by atoms with Crippen LogP contribution in [0.4, 0.5) is 15.8 Å². The van der Waals surface area contributed by atoms with E-state index in [0.29, 0.717) is 5.69 Å². The van der Waals surface area contributed by atoms with Crippen molar-refractivity contribution in [1.82, 2.24) is 15.0 Å². The van der Waals surface area contributed by atoms with Crippen LogP contribution in [0.2, 0.25) is 0 Å². The number of piperidine rings is 2. The normalized spacial score (nSPS) is 17.5. The van der Waals surface area contributed by atoms with Gasteiger partial charge in [-0.2, -0.15) is 0 Å². The highest BCUT2D eigenvalue weighted by Crippen LogP contribution is 2.31. The maximum Gasteiger partial charge on any atom is 0.166 e. The standard InChI is InChI=1S/C24H30FN5S/c1-17-21(26-9-8-22(17)29-10-4-2-5-11-29)16-31-24-27-19-14-18(25)23(15-20(19)28-24)30-12-6-3-7-13-30/h8-9,14-15H,2-7,10-13,16H2,1H3,(H,27,28). The minimum absolute atomic E-state index is 0.165. The van der Waals surface area contributed by atoms with Gasteiger partial charge in [-0.05, 0) is 63.1 Å². The van der Waals surface area contributed by atoms with Crippen molar-refractivity contribution in [2.45, 2.75) is 56.4 Å². The van der Waals surface area contributed by atoms with Gasteiger partial charge < -0.3 is 14.8 Å². The number of nitrogens with zero attached hydrogens (tertiary/aromatic N) is 4. The largest absolute Gasteiger partial charge is 0.371 e. The van der Waals surface area contributed by atoms with Crippen molar-refractivity contribution in [3.05, 3.63) is 41.5 Å². The topological polar surface area (TPSA) is 48.1 Å². The van der Waals surface area contributed by atoms with Crippen LogP contribution < -0.4 is 9.80 Å². The summed E-state index contributed by atoms with van der Waals surface area (Å²) in [4.78, 5) is 17.3. The van der Waals surface area contributed by atoms with Gasteiger partial charge in [0.05, 0.1) is 22.4 Å². The molecule has 1 N–H and O–H groups in total. The van der Waals surface area contributed by atoms with Crippen LogP contribution in [-0.4, -0.2) is 41.1 Å². The molecule has 31 heavy (non-hydrogen) atoms. The predicted molar refractivity (Wildman–Crippen MR) is 127 cm³/mol. The Morgan fingerprint density at radius 3 is 2.35 bits per heavy atom. The summed E-state index contributed by atoms with van der Waals surface area (Å²) in [5.74, 6) is 0.579. The molecule has 0 radical (unpaired) electrons. The van der Waals surface area contributed by atoms with Crippen LogP contribution >= 0.6 is 11.8 Å². The molecule has 5 nitrogen and oxygen atoms in total. The third-order valence-corrected chi connectivity index (χ3v) is 7.43. The number of H-pyrrole nitrogens is 1. The minimum atomic E-state index is -0.165. The van der Waals surface area contributed by atoms with E-state index in [2.05, 4.69) is 32.8 Å². The van der Waals surface area contributed by atoms with Gasteiger partial charge in [0, 0.05) is 49.9 Å². The van der Waals surface area contributed by atoms with Crippen LogP contribution in [0.15, 0.2) is 29.6 Å². The number of aromatic nitrogens is 3. The van der Waals surface area contributed by atoms with Gasteiger partial charge in [-0.25, -0.2) is 9.37 Å². The summed E-state index contributed by atoms with van der Waals surface area (Å²) in [7, 11) is 0. The minimum Gasteiger partial charge on any atom is -0.371 e. The molecule has 3 aromatic rings. The summed E-state index contributed by atoms with van der Waals surface area (Å²) in [6.45, 7) is 6.28. The number of nitrogens with one attached hydrogen (secondary N) is 1. The van der Waals surface area contributed by atoms with E-state index in [1.54, 1.807) is 17.8 Å². The van der Waals surface area contributed by atoms with E-state index in [1.807, 2.05) is 12.3 Å². The van der Waals surface area contributed by atoms with E-state index >= 15 is 0 Å². The first-order chi connectivity index (χ1) is 15.2. The van der Waals surface area contributed by atoms with Crippen molar-refractivity contribution in [1.29, 1.82) is 0 Å². The molecule has 0 bridgehead atoms. The van der Waals surface area contributed by atoms with Crippen LogP contribution in [0.1, 0.15) is 49.8 Å². The van der Waals surface area contributed by atoms with Crippen molar-refractivity contribution in [3.8, 4) is 0 Å². The maximum absolute atomic E-state index is 14.7. The fourth-order valence-electron chi connectivity index (χ4n) is 4.77. The van der Waals surface area contributed by atoms with Crippen LogP contribution in [0.3, 0.4) is 0 Å². The molecule has 164 valence electrons. The maximum atomic E-state index is 14.7. The SMILES string of the molecule is Cc1c(N2CCCCC2)ccnc1CSc1nc2cc(N3CCCCC3)c(F)cc2[nH]1. The molecule has 0 atom stereocenters. The predicted octanol–water partition coefficient (Wildman–Crippen LogP) is 5.68. The zero-order valence-electron chi connectivity index (χ0n) is 18.2. The summed E-state index contributed by atoms with van der Waals surface area (Å²) in [5, 5.41) is 0.815. The molecule has 2 fully saturated rings. The monoisotopic (exact) mass is 439 g/mol. The van der Waals surface area contributed by atoms with Gasteiger partial charge in [-0.1, -0.05) is 11.8 Å². The number of fused-ring (bicyclic) bond motifs is 1. The van der Waals surface area contributed by atoms with E-state index in [-0.39, 0.29) is 5.82 Å². The fraction of sp³-hybridized carbons (Fsp3) is 0.500. The van der Waals surface area contributed by atoms with Crippen LogP contribution in [0.25, 0.3) is 11.0 Å². The molecule has 5 rings (SSSR count). The van der Waals surface area contributed by atoms with Crippen molar-refractivity contribution >= 4 is 34.2 Å². The molecule has 0 amide bonds. The Balaban J connectivity index is 1.33. The first-order valence-corrected chi connectivity index (χ1v) is 12.4. The molecule has 2 saturated heterocycles. The molecule has 0 saturated carbocycles. The molecule has 2 aromatic heterocycles. The molecule has 0 unspecified atom stereocenters. The lowest BCUT2D eigenvalue weighted by molar-refractivity contribution is 0.557. The third kappa shape index (κ3) is 4.38. The Morgan fingerprint density at radius 2 is 1.65 bits per heavy atom. The number of benzene rings is 1. The molecule has 0 spiro atoms. The average Bonchev–Trinajstić information content (AvgIpc) is 3.20. The van der Waals surface area contributed by atoms with E-state index in [0.717, 1.165) is 66.7 Å². The molecule has 4 heterocycles. The lowest BCUT2D eigenvalue weighted by Crippen LogP contribution is -2.30. The summed E-state index contributed by atoms with van der Waals surface area (Å²) in [5.41, 5.74) is 5.93. The Kier molecular flexibility index (Phi) is 6.03. The van der Waals surface area contributed by atoms with Crippen LogP contribution in [-0.2, 0) is 5.75 Å². The van der Waals surface area contributed by atoms with Gasteiger partial charge in [-0.15, -0.1) is 0 Å². The molecule has 2 aliphatic heterocycles.